The molecule has 0 aromatic rings. The molecule has 3 nitrogen and oxygen atoms in total. The first kappa shape index (κ1) is 17.1. The van der Waals surface area contributed by atoms with E-state index in [9.17, 15) is 9.59 Å². The second kappa shape index (κ2) is 9.12. The van der Waals surface area contributed by atoms with Crippen molar-refractivity contribution in [2.24, 2.45) is 11.8 Å². The van der Waals surface area contributed by atoms with Crippen LogP contribution in [0.3, 0.4) is 0 Å². The van der Waals surface area contributed by atoms with Crippen LogP contribution in [0, 0.1) is 11.8 Å². The Morgan fingerprint density at radius 1 is 0.944 bits per heavy atom. The molecule has 0 radical (unpaired) electrons. The molecule has 0 saturated heterocycles. The molecule has 0 bridgehead atoms. The van der Waals surface area contributed by atoms with Crippen LogP contribution in [0.1, 0.15) is 66.7 Å². The maximum Gasteiger partial charge on any atom is 0.223 e. The zero-order valence-electron chi connectivity index (χ0n) is 12.6. The fourth-order valence-electron chi connectivity index (χ4n) is 1.80. The third kappa shape index (κ3) is 6.77. The third-order valence-corrected chi connectivity index (χ3v) is 3.10. The van der Waals surface area contributed by atoms with Crippen LogP contribution in [0.25, 0.3) is 0 Å². The summed E-state index contributed by atoms with van der Waals surface area (Å²) in [6.07, 6.45) is 5.29. The first-order chi connectivity index (χ1) is 8.40. The molecule has 1 N–H and O–H groups in total. The molecule has 0 saturated carbocycles. The lowest BCUT2D eigenvalue weighted by Crippen LogP contribution is -2.44. The largest absolute Gasteiger partial charge is 0.346 e. The van der Waals surface area contributed by atoms with Crippen molar-refractivity contribution in [3.05, 3.63) is 0 Å². The minimum absolute atomic E-state index is 0.0198. The van der Waals surface area contributed by atoms with E-state index in [2.05, 4.69) is 12.2 Å². The van der Waals surface area contributed by atoms with Gasteiger partial charge in [0.1, 0.15) is 0 Å². The van der Waals surface area contributed by atoms with Crippen LogP contribution < -0.4 is 5.32 Å². The summed E-state index contributed by atoms with van der Waals surface area (Å²) in [5, 5.41) is 2.89. The van der Waals surface area contributed by atoms with Crippen molar-refractivity contribution in [1.29, 1.82) is 0 Å². The first-order valence-corrected chi connectivity index (χ1v) is 7.24. The summed E-state index contributed by atoms with van der Waals surface area (Å²) in [6.45, 7) is 9.65. The summed E-state index contributed by atoms with van der Waals surface area (Å²) in [6, 6.07) is -0.295. The number of rotatable bonds is 9. The van der Waals surface area contributed by atoms with Crippen molar-refractivity contribution in [2.45, 2.75) is 72.8 Å². The van der Waals surface area contributed by atoms with Gasteiger partial charge >= 0.3 is 0 Å². The van der Waals surface area contributed by atoms with E-state index in [0.29, 0.717) is 0 Å². The van der Waals surface area contributed by atoms with E-state index in [4.69, 9.17) is 0 Å². The van der Waals surface area contributed by atoms with E-state index in [1.165, 1.54) is 12.8 Å². The van der Waals surface area contributed by atoms with Crippen molar-refractivity contribution < 1.29 is 9.59 Å². The highest BCUT2D eigenvalue weighted by atomic mass is 16.2. The molecule has 0 aromatic heterocycles. The molecule has 18 heavy (non-hydrogen) atoms. The van der Waals surface area contributed by atoms with Gasteiger partial charge in [-0.1, -0.05) is 60.3 Å². The standard InChI is InChI=1S/C15H29NO2/c1-6-7-8-9-10-13(14(17)11(2)3)16-15(18)12(4)5/h11-13H,6-10H2,1-5H3,(H,16,18). The number of unbranched alkanes of at least 4 members (excludes halogenated alkanes) is 3. The molecule has 0 heterocycles. The summed E-state index contributed by atoms with van der Waals surface area (Å²) in [4.78, 5) is 23.8. The number of nitrogens with one attached hydrogen (secondary N) is 1. The zero-order valence-corrected chi connectivity index (χ0v) is 12.6. The summed E-state index contributed by atoms with van der Waals surface area (Å²) in [5.74, 6) is 0.0433. The minimum Gasteiger partial charge on any atom is -0.346 e. The number of ketones is 1. The summed E-state index contributed by atoms with van der Waals surface area (Å²) in [7, 11) is 0. The molecule has 0 fully saturated rings. The highest BCUT2D eigenvalue weighted by Crippen LogP contribution is 2.11. The average molecular weight is 255 g/mol. The van der Waals surface area contributed by atoms with E-state index < -0.39 is 0 Å². The molecular weight excluding hydrogens is 226 g/mol. The highest BCUT2D eigenvalue weighted by Gasteiger charge is 2.23. The fourth-order valence-corrected chi connectivity index (χ4v) is 1.80. The van der Waals surface area contributed by atoms with Gasteiger partial charge in [0.15, 0.2) is 5.78 Å². The molecule has 0 rings (SSSR count). The number of carbonyl (C=O) groups is 2. The van der Waals surface area contributed by atoms with Gasteiger partial charge in [0.05, 0.1) is 6.04 Å². The van der Waals surface area contributed by atoms with Crippen LogP contribution in [0.5, 0.6) is 0 Å². The van der Waals surface area contributed by atoms with Crippen LogP contribution in [0.15, 0.2) is 0 Å². The van der Waals surface area contributed by atoms with Gasteiger partial charge in [-0.05, 0) is 6.42 Å². The summed E-state index contributed by atoms with van der Waals surface area (Å²) >= 11 is 0. The minimum atomic E-state index is -0.295. The summed E-state index contributed by atoms with van der Waals surface area (Å²) < 4.78 is 0. The molecule has 0 spiro atoms. The second-order valence-electron chi connectivity index (χ2n) is 5.62. The Balaban J connectivity index is 4.34. The number of carbonyl (C=O) groups excluding carboxylic acids is 2. The van der Waals surface area contributed by atoms with Crippen molar-refractivity contribution in [2.75, 3.05) is 0 Å². The van der Waals surface area contributed by atoms with Crippen LogP contribution in [-0.2, 0) is 9.59 Å². The molecule has 0 aliphatic rings. The second-order valence-corrected chi connectivity index (χ2v) is 5.62. The molecule has 106 valence electrons. The lowest BCUT2D eigenvalue weighted by molar-refractivity contribution is -0.131. The van der Waals surface area contributed by atoms with E-state index in [-0.39, 0.29) is 29.6 Å². The van der Waals surface area contributed by atoms with Crippen molar-refractivity contribution in [3.63, 3.8) is 0 Å². The lowest BCUT2D eigenvalue weighted by atomic mass is 9.96. The van der Waals surface area contributed by atoms with Crippen LogP contribution >= 0.6 is 0 Å². The molecule has 1 atom stereocenters. The maximum atomic E-state index is 12.1. The van der Waals surface area contributed by atoms with Crippen molar-refractivity contribution >= 4 is 11.7 Å². The Bertz CT molecular complexity index is 259. The monoisotopic (exact) mass is 255 g/mol. The van der Waals surface area contributed by atoms with Gasteiger partial charge in [-0.25, -0.2) is 0 Å². The quantitative estimate of drug-likeness (QED) is 0.642. The van der Waals surface area contributed by atoms with Gasteiger partial charge < -0.3 is 5.32 Å². The number of amides is 1. The van der Waals surface area contributed by atoms with Crippen LogP contribution in [-0.4, -0.2) is 17.7 Å². The predicted octanol–water partition coefficient (Wildman–Crippen LogP) is 3.32. The Labute approximate surface area is 112 Å². The average Bonchev–Trinajstić information content (AvgIpc) is 2.31. The van der Waals surface area contributed by atoms with Crippen LogP contribution in [0.2, 0.25) is 0 Å². The third-order valence-electron chi connectivity index (χ3n) is 3.10. The van der Waals surface area contributed by atoms with Gasteiger partial charge in [0.2, 0.25) is 5.91 Å². The smallest absolute Gasteiger partial charge is 0.223 e. The molecule has 0 aliphatic heterocycles. The lowest BCUT2D eigenvalue weighted by Gasteiger charge is -2.20. The van der Waals surface area contributed by atoms with Crippen molar-refractivity contribution in [1.82, 2.24) is 5.32 Å². The highest BCUT2D eigenvalue weighted by molar-refractivity contribution is 5.90. The topological polar surface area (TPSA) is 46.2 Å². The van der Waals surface area contributed by atoms with E-state index in [0.717, 1.165) is 19.3 Å². The Morgan fingerprint density at radius 2 is 1.56 bits per heavy atom. The Morgan fingerprint density at radius 3 is 2.00 bits per heavy atom. The SMILES string of the molecule is CCCCCCC(NC(=O)C(C)C)C(=O)C(C)C. The maximum absolute atomic E-state index is 12.1. The fraction of sp³-hybridized carbons (Fsp3) is 0.867. The van der Waals surface area contributed by atoms with E-state index in [1.54, 1.807) is 0 Å². The number of hydrogen-bond donors (Lipinski definition) is 1. The van der Waals surface area contributed by atoms with Gasteiger partial charge in [-0.2, -0.15) is 0 Å². The molecule has 0 aliphatic carbocycles. The van der Waals surface area contributed by atoms with Gasteiger partial charge in [0, 0.05) is 11.8 Å². The van der Waals surface area contributed by atoms with Gasteiger partial charge in [-0.15, -0.1) is 0 Å². The number of hydrogen-bond acceptors (Lipinski definition) is 2. The zero-order chi connectivity index (χ0) is 14.1. The van der Waals surface area contributed by atoms with Gasteiger partial charge in [0.25, 0.3) is 0 Å². The van der Waals surface area contributed by atoms with Gasteiger partial charge in [-0.3, -0.25) is 9.59 Å². The molecule has 1 unspecified atom stereocenters. The first-order valence-electron chi connectivity index (χ1n) is 7.24. The molecule has 3 heteroatoms. The molecule has 1 amide bonds. The predicted molar refractivity (Wildman–Crippen MR) is 75.4 cm³/mol. The van der Waals surface area contributed by atoms with E-state index in [1.807, 2.05) is 27.7 Å². The van der Waals surface area contributed by atoms with E-state index >= 15 is 0 Å². The Kier molecular flexibility index (Phi) is 8.69. The molecule has 0 aromatic carbocycles. The van der Waals surface area contributed by atoms with Crippen molar-refractivity contribution in [3.8, 4) is 0 Å². The summed E-state index contributed by atoms with van der Waals surface area (Å²) in [5.41, 5.74) is 0. The molecular formula is C15H29NO2. The number of Topliss-reactive ketones (excluding diaryl/α,β-unsaturated/α-hetero) is 1. The van der Waals surface area contributed by atoms with Crippen LogP contribution in [0.4, 0.5) is 0 Å². The Hall–Kier alpha value is -0.860. The normalized spacial score (nSPS) is 12.8.